The zero-order valence-electron chi connectivity index (χ0n) is 10.7. The molecule has 0 fully saturated rings. The van der Waals surface area contributed by atoms with Crippen molar-refractivity contribution in [3.63, 3.8) is 0 Å². The van der Waals surface area contributed by atoms with E-state index in [1.807, 2.05) is 0 Å². The van der Waals surface area contributed by atoms with Crippen LogP contribution in [0.15, 0.2) is 36.4 Å². The van der Waals surface area contributed by atoms with Crippen LogP contribution in [0.2, 0.25) is 0 Å². The molecule has 0 nitrogen and oxygen atoms in total. The molecule has 0 bridgehead atoms. The highest BCUT2D eigenvalue weighted by Crippen LogP contribution is 2.40. The van der Waals surface area contributed by atoms with E-state index in [0.29, 0.717) is 0 Å². The molecule has 0 aromatic heterocycles. The lowest BCUT2D eigenvalue weighted by Crippen LogP contribution is -1.96. The van der Waals surface area contributed by atoms with Gasteiger partial charge in [-0.15, -0.1) is 0 Å². The van der Waals surface area contributed by atoms with E-state index < -0.39 is 0 Å². The number of fused-ring (bicyclic) bond motifs is 2. The Morgan fingerprint density at radius 2 is 1.28 bits per heavy atom. The normalized spacial score (nSPS) is 16.7. The molecule has 2 aliphatic carbocycles. The van der Waals surface area contributed by atoms with Gasteiger partial charge in [0.2, 0.25) is 0 Å². The molecule has 0 heteroatoms. The second-order valence-electron chi connectivity index (χ2n) is 5.60. The molecular formula is C18H18. The quantitative estimate of drug-likeness (QED) is 0.689. The summed E-state index contributed by atoms with van der Waals surface area (Å²) in [7, 11) is 0. The Labute approximate surface area is 109 Å². The van der Waals surface area contributed by atoms with Gasteiger partial charge in [-0.3, -0.25) is 0 Å². The molecule has 0 unspecified atom stereocenters. The van der Waals surface area contributed by atoms with Gasteiger partial charge in [0, 0.05) is 0 Å². The average molecular weight is 234 g/mol. The van der Waals surface area contributed by atoms with Crippen LogP contribution in [0.5, 0.6) is 0 Å². The molecule has 2 aliphatic rings. The standard InChI is InChI=1S/C18H18/c1-2-6-13(7-3-1)18-16-10-4-8-14(16)12-15-9-5-11-17(15)18/h1-3,6-7,12H,4-5,8-11H2. The minimum absolute atomic E-state index is 1.28. The molecule has 2 aromatic rings. The van der Waals surface area contributed by atoms with Crippen LogP contribution in [-0.2, 0) is 25.7 Å². The van der Waals surface area contributed by atoms with Crippen molar-refractivity contribution in [2.45, 2.75) is 38.5 Å². The summed E-state index contributed by atoms with van der Waals surface area (Å²) in [5.74, 6) is 0. The predicted octanol–water partition coefficient (Wildman–Crippen LogP) is 4.33. The molecule has 2 aromatic carbocycles. The minimum atomic E-state index is 1.28. The van der Waals surface area contributed by atoms with E-state index in [2.05, 4.69) is 36.4 Å². The van der Waals surface area contributed by atoms with Gasteiger partial charge in [0.15, 0.2) is 0 Å². The first-order valence-corrected chi connectivity index (χ1v) is 7.15. The first kappa shape index (κ1) is 10.4. The Morgan fingerprint density at radius 3 is 1.89 bits per heavy atom. The third kappa shape index (κ3) is 1.45. The summed E-state index contributed by atoms with van der Waals surface area (Å²) in [4.78, 5) is 0. The lowest BCUT2D eigenvalue weighted by molar-refractivity contribution is 0.898. The van der Waals surface area contributed by atoms with Crippen molar-refractivity contribution in [1.82, 2.24) is 0 Å². The molecule has 0 radical (unpaired) electrons. The number of rotatable bonds is 1. The molecular weight excluding hydrogens is 216 g/mol. The highest BCUT2D eigenvalue weighted by Gasteiger charge is 2.24. The molecule has 0 atom stereocenters. The van der Waals surface area contributed by atoms with Gasteiger partial charge in [0.1, 0.15) is 0 Å². The predicted molar refractivity (Wildman–Crippen MR) is 75.9 cm³/mol. The molecule has 0 saturated carbocycles. The Morgan fingerprint density at radius 1 is 0.667 bits per heavy atom. The van der Waals surface area contributed by atoms with Crippen LogP contribution in [0.1, 0.15) is 35.1 Å². The van der Waals surface area contributed by atoms with Crippen molar-refractivity contribution in [2.75, 3.05) is 0 Å². The van der Waals surface area contributed by atoms with Gasteiger partial charge in [-0.25, -0.2) is 0 Å². The van der Waals surface area contributed by atoms with Crippen molar-refractivity contribution < 1.29 is 0 Å². The van der Waals surface area contributed by atoms with E-state index in [1.54, 1.807) is 27.8 Å². The molecule has 0 heterocycles. The number of aryl methyl sites for hydroxylation is 2. The van der Waals surface area contributed by atoms with E-state index >= 15 is 0 Å². The largest absolute Gasteiger partial charge is 0.0622 e. The summed E-state index contributed by atoms with van der Waals surface area (Å²) in [6.45, 7) is 0. The Bertz CT molecular complexity index is 561. The van der Waals surface area contributed by atoms with Gasteiger partial charge < -0.3 is 0 Å². The average Bonchev–Trinajstić information content (AvgIpc) is 3.04. The lowest BCUT2D eigenvalue weighted by atomic mass is 9.89. The molecule has 4 rings (SSSR count). The van der Waals surface area contributed by atoms with E-state index in [-0.39, 0.29) is 0 Å². The van der Waals surface area contributed by atoms with E-state index in [1.165, 1.54) is 44.1 Å². The van der Waals surface area contributed by atoms with E-state index in [9.17, 15) is 0 Å². The molecule has 90 valence electrons. The molecule has 0 spiro atoms. The van der Waals surface area contributed by atoms with Crippen molar-refractivity contribution in [1.29, 1.82) is 0 Å². The molecule has 0 aliphatic heterocycles. The summed E-state index contributed by atoms with van der Waals surface area (Å²) >= 11 is 0. The molecule has 0 amide bonds. The third-order valence-corrected chi connectivity index (χ3v) is 4.54. The van der Waals surface area contributed by atoms with E-state index in [0.717, 1.165) is 0 Å². The zero-order valence-corrected chi connectivity index (χ0v) is 10.7. The maximum absolute atomic E-state index is 2.51. The number of benzene rings is 2. The van der Waals surface area contributed by atoms with Gasteiger partial charge in [-0.05, 0) is 71.9 Å². The van der Waals surface area contributed by atoms with Gasteiger partial charge in [0.25, 0.3) is 0 Å². The summed E-state index contributed by atoms with van der Waals surface area (Å²) in [6.07, 6.45) is 7.85. The first-order chi connectivity index (χ1) is 8.93. The van der Waals surface area contributed by atoms with Crippen LogP contribution in [0.4, 0.5) is 0 Å². The summed E-state index contributed by atoms with van der Waals surface area (Å²) in [6, 6.07) is 13.5. The molecule has 0 N–H and O–H groups in total. The van der Waals surface area contributed by atoms with Crippen molar-refractivity contribution >= 4 is 0 Å². The van der Waals surface area contributed by atoms with Crippen molar-refractivity contribution in [3.8, 4) is 11.1 Å². The second-order valence-corrected chi connectivity index (χ2v) is 5.60. The topological polar surface area (TPSA) is 0 Å². The van der Waals surface area contributed by atoms with Crippen molar-refractivity contribution in [2.24, 2.45) is 0 Å². The fraction of sp³-hybridized carbons (Fsp3) is 0.333. The van der Waals surface area contributed by atoms with Crippen LogP contribution in [0, 0.1) is 0 Å². The monoisotopic (exact) mass is 234 g/mol. The van der Waals surface area contributed by atoms with Crippen LogP contribution in [0.25, 0.3) is 11.1 Å². The van der Waals surface area contributed by atoms with Crippen LogP contribution >= 0.6 is 0 Å². The fourth-order valence-corrected chi connectivity index (χ4v) is 3.77. The summed E-state index contributed by atoms with van der Waals surface area (Å²) < 4.78 is 0. The van der Waals surface area contributed by atoms with Gasteiger partial charge in [0.05, 0.1) is 0 Å². The fourth-order valence-electron chi connectivity index (χ4n) is 3.77. The first-order valence-electron chi connectivity index (χ1n) is 7.15. The molecule has 18 heavy (non-hydrogen) atoms. The molecule has 0 saturated heterocycles. The zero-order chi connectivity index (χ0) is 11.9. The van der Waals surface area contributed by atoms with E-state index in [4.69, 9.17) is 0 Å². The Kier molecular flexibility index (Phi) is 2.29. The van der Waals surface area contributed by atoms with Crippen LogP contribution < -0.4 is 0 Å². The SMILES string of the molecule is c1ccc(-c2c3c(cc4c2CCC4)CCC3)cc1. The van der Waals surface area contributed by atoms with Crippen LogP contribution in [-0.4, -0.2) is 0 Å². The Hall–Kier alpha value is -1.56. The van der Waals surface area contributed by atoms with Crippen LogP contribution in [0.3, 0.4) is 0 Å². The van der Waals surface area contributed by atoms with Gasteiger partial charge in [-0.2, -0.15) is 0 Å². The highest BCUT2D eigenvalue weighted by molar-refractivity contribution is 5.75. The lowest BCUT2D eigenvalue weighted by Gasteiger charge is -2.15. The maximum atomic E-state index is 2.51. The smallest absolute Gasteiger partial charge is 0.0114 e. The summed E-state index contributed by atoms with van der Waals surface area (Å²) in [5, 5.41) is 0. The summed E-state index contributed by atoms with van der Waals surface area (Å²) in [5.41, 5.74) is 9.61. The number of hydrogen-bond donors (Lipinski definition) is 0. The highest BCUT2D eigenvalue weighted by atomic mass is 14.3. The number of hydrogen-bond acceptors (Lipinski definition) is 0. The van der Waals surface area contributed by atoms with Gasteiger partial charge >= 0.3 is 0 Å². The van der Waals surface area contributed by atoms with Gasteiger partial charge in [-0.1, -0.05) is 36.4 Å². The maximum Gasteiger partial charge on any atom is -0.0114 e. The third-order valence-electron chi connectivity index (χ3n) is 4.54. The second kappa shape index (κ2) is 3.98. The van der Waals surface area contributed by atoms with Crippen molar-refractivity contribution in [3.05, 3.63) is 58.7 Å². The Balaban J connectivity index is 2.02. The minimum Gasteiger partial charge on any atom is -0.0622 e.